The zero-order valence-electron chi connectivity index (χ0n) is 14.5. The number of hydrogen-bond donors (Lipinski definition) is 1. The molecule has 2 atom stereocenters. The topological polar surface area (TPSA) is 42.3 Å². The van der Waals surface area contributed by atoms with E-state index in [1.54, 1.807) is 0 Å². The van der Waals surface area contributed by atoms with Crippen LogP contribution in [0.25, 0.3) is 0 Å². The van der Waals surface area contributed by atoms with Gasteiger partial charge in [-0.3, -0.25) is 10.2 Å². The van der Waals surface area contributed by atoms with Gasteiger partial charge in [0.2, 0.25) is 0 Å². The molecule has 0 saturated carbocycles. The molecule has 0 aromatic rings. The number of rotatable bonds is 9. The highest BCUT2D eigenvalue weighted by Gasteiger charge is 2.26. The second kappa shape index (κ2) is 9.40. The molecule has 1 aliphatic rings. The molecule has 0 bridgehead atoms. The first kappa shape index (κ1) is 18.4. The van der Waals surface area contributed by atoms with Crippen LogP contribution in [0.2, 0.25) is 0 Å². The van der Waals surface area contributed by atoms with Crippen molar-refractivity contribution < 1.29 is 0 Å². The molecule has 0 aromatic carbocycles. The molecule has 1 N–H and O–H groups in total. The van der Waals surface area contributed by atoms with Crippen LogP contribution in [-0.2, 0) is 0 Å². The van der Waals surface area contributed by atoms with Crippen molar-refractivity contribution in [3.05, 3.63) is 0 Å². The highest BCUT2D eigenvalue weighted by Crippen LogP contribution is 2.17. The number of nitrogens with zero attached hydrogens (tertiary/aromatic N) is 3. The van der Waals surface area contributed by atoms with Gasteiger partial charge in [0.05, 0.1) is 6.07 Å². The summed E-state index contributed by atoms with van der Waals surface area (Å²) in [5.41, 5.74) is -0.312. The molecule has 21 heavy (non-hydrogen) atoms. The molecule has 1 saturated heterocycles. The van der Waals surface area contributed by atoms with Crippen LogP contribution in [0.15, 0.2) is 0 Å². The Kier molecular flexibility index (Phi) is 8.24. The predicted molar refractivity (Wildman–Crippen MR) is 89.3 cm³/mol. The molecule has 0 radical (unpaired) electrons. The SMILES string of the molecule is CCNC(C#N)(CC)CCCN1CCN(C(C)CC)CC1. The maximum absolute atomic E-state index is 9.43. The lowest BCUT2D eigenvalue weighted by atomic mass is 9.92. The van der Waals surface area contributed by atoms with Gasteiger partial charge >= 0.3 is 0 Å². The van der Waals surface area contributed by atoms with Crippen molar-refractivity contribution in [3.8, 4) is 6.07 Å². The normalized spacial score (nSPS) is 21.7. The van der Waals surface area contributed by atoms with Crippen LogP contribution in [0.4, 0.5) is 0 Å². The molecule has 0 aromatic heterocycles. The fourth-order valence-electron chi connectivity index (χ4n) is 3.19. The van der Waals surface area contributed by atoms with Crippen molar-refractivity contribution in [1.82, 2.24) is 15.1 Å². The van der Waals surface area contributed by atoms with Crippen molar-refractivity contribution >= 4 is 0 Å². The van der Waals surface area contributed by atoms with Gasteiger partial charge in [0.25, 0.3) is 0 Å². The van der Waals surface area contributed by atoms with E-state index in [-0.39, 0.29) is 5.54 Å². The van der Waals surface area contributed by atoms with Crippen LogP contribution in [0, 0.1) is 11.3 Å². The van der Waals surface area contributed by atoms with Crippen LogP contribution in [0.1, 0.15) is 53.4 Å². The van der Waals surface area contributed by atoms with Crippen molar-refractivity contribution in [2.45, 2.75) is 65.0 Å². The molecule has 1 aliphatic heterocycles. The van der Waals surface area contributed by atoms with E-state index in [1.165, 1.54) is 32.6 Å². The third-order valence-electron chi connectivity index (χ3n) is 5.03. The molecule has 1 rings (SSSR count). The monoisotopic (exact) mass is 294 g/mol. The quantitative estimate of drug-likeness (QED) is 0.709. The zero-order valence-corrected chi connectivity index (χ0v) is 14.5. The van der Waals surface area contributed by atoms with Crippen LogP contribution in [0.3, 0.4) is 0 Å². The summed E-state index contributed by atoms with van der Waals surface area (Å²) in [7, 11) is 0. The highest BCUT2D eigenvalue weighted by atomic mass is 15.3. The van der Waals surface area contributed by atoms with Crippen LogP contribution in [0.5, 0.6) is 0 Å². The Balaban J connectivity index is 2.29. The van der Waals surface area contributed by atoms with Gasteiger partial charge in [-0.1, -0.05) is 20.8 Å². The molecular formula is C17H34N4. The lowest BCUT2D eigenvalue weighted by molar-refractivity contribution is 0.0982. The first-order valence-electron chi connectivity index (χ1n) is 8.73. The second-order valence-corrected chi connectivity index (χ2v) is 6.32. The summed E-state index contributed by atoms with van der Waals surface area (Å²) < 4.78 is 0. The smallest absolute Gasteiger partial charge is 0.106 e. The summed E-state index contributed by atoms with van der Waals surface area (Å²) >= 11 is 0. The predicted octanol–water partition coefficient (Wildman–Crippen LogP) is 2.46. The fraction of sp³-hybridized carbons (Fsp3) is 0.941. The summed E-state index contributed by atoms with van der Waals surface area (Å²) in [6.07, 6.45) is 4.19. The molecule has 4 nitrogen and oxygen atoms in total. The lowest BCUT2D eigenvalue weighted by Gasteiger charge is -2.38. The summed E-state index contributed by atoms with van der Waals surface area (Å²) in [6, 6.07) is 3.21. The molecule has 122 valence electrons. The standard InChI is InChI=1S/C17H34N4/c1-5-16(4)21-13-11-20(12-14-21)10-8-9-17(6-2,15-18)19-7-3/h16,19H,5-14H2,1-4H3. The van der Waals surface area contributed by atoms with Gasteiger partial charge in [-0.05, 0) is 45.7 Å². The van der Waals surface area contributed by atoms with Crippen LogP contribution >= 0.6 is 0 Å². The Morgan fingerprint density at radius 1 is 1.19 bits per heavy atom. The van der Waals surface area contributed by atoms with Gasteiger partial charge in [-0.2, -0.15) is 5.26 Å². The van der Waals surface area contributed by atoms with Gasteiger partial charge in [0, 0.05) is 32.2 Å². The molecule has 1 heterocycles. The van der Waals surface area contributed by atoms with Crippen molar-refractivity contribution in [1.29, 1.82) is 5.26 Å². The number of nitrogens with one attached hydrogen (secondary N) is 1. The minimum absolute atomic E-state index is 0.312. The minimum Gasteiger partial charge on any atom is -0.301 e. The van der Waals surface area contributed by atoms with Gasteiger partial charge in [-0.15, -0.1) is 0 Å². The number of piperazine rings is 1. The summed E-state index contributed by atoms with van der Waals surface area (Å²) in [5, 5.41) is 12.8. The summed E-state index contributed by atoms with van der Waals surface area (Å²) in [6.45, 7) is 15.5. The van der Waals surface area contributed by atoms with E-state index in [4.69, 9.17) is 0 Å². The lowest BCUT2D eigenvalue weighted by Crippen LogP contribution is -2.50. The van der Waals surface area contributed by atoms with Gasteiger partial charge in [0.15, 0.2) is 0 Å². The number of nitriles is 1. The van der Waals surface area contributed by atoms with Crippen molar-refractivity contribution in [2.75, 3.05) is 39.3 Å². The maximum Gasteiger partial charge on any atom is 0.106 e. The third kappa shape index (κ3) is 5.58. The average molecular weight is 294 g/mol. The van der Waals surface area contributed by atoms with Crippen molar-refractivity contribution in [3.63, 3.8) is 0 Å². The molecule has 1 fully saturated rings. The van der Waals surface area contributed by atoms with Crippen LogP contribution < -0.4 is 5.32 Å². The van der Waals surface area contributed by atoms with E-state index in [1.807, 2.05) is 0 Å². The maximum atomic E-state index is 9.43. The van der Waals surface area contributed by atoms with E-state index >= 15 is 0 Å². The van der Waals surface area contributed by atoms with E-state index in [0.717, 1.165) is 32.4 Å². The minimum atomic E-state index is -0.312. The highest BCUT2D eigenvalue weighted by molar-refractivity contribution is 5.06. The number of hydrogen-bond acceptors (Lipinski definition) is 4. The Labute approximate surface area is 131 Å². The van der Waals surface area contributed by atoms with E-state index in [0.29, 0.717) is 6.04 Å². The summed E-state index contributed by atoms with van der Waals surface area (Å²) in [4.78, 5) is 5.16. The van der Waals surface area contributed by atoms with E-state index < -0.39 is 0 Å². The van der Waals surface area contributed by atoms with E-state index in [2.05, 4.69) is 48.9 Å². The second-order valence-electron chi connectivity index (χ2n) is 6.32. The zero-order chi connectivity index (χ0) is 15.7. The molecule has 2 unspecified atom stereocenters. The van der Waals surface area contributed by atoms with Gasteiger partial charge in [-0.25, -0.2) is 0 Å². The Morgan fingerprint density at radius 2 is 1.86 bits per heavy atom. The van der Waals surface area contributed by atoms with Crippen LogP contribution in [-0.4, -0.2) is 60.6 Å². The molecule has 0 amide bonds. The first-order chi connectivity index (χ1) is 10.1. The van der Waals surface area contributed by atoms with Gasteiger partial charge in [0.1, 0.15) is 5.54 Å². The molecule has 0 spiro atoms. The van der Waals surface area contributed by atoms with Crippen molar-refractivity contribution in [2.24, 2.45) is 0 Å². The molecule has 4 heteroatoms. The largest absolute Gasteiger partial charge is 0.301 e. The summed E-state index contributed by atoms with van der Waals surface area (Å²) in [5.74, 6) is 0. The molecule has 0 aliphatic carbocycles. The Bertz CT molecular complexity index is 317. The fourth-order valence-corrected chi connectivity index (χ4v) is 3.19. The Morgan fingerprint density at radius 3 is 2.33 bits per heavy atom. The Hall–Kier alpha value is -0.630. The third-order valence-corrected chi connectivity index (χ3v) is 5.03. The first-order valence-corrected chi connectivity index (χ1v) is 8.73. The van der Waals surface area contributed by atoms with E-state index in [9.17, 15) is 5.26 Å². The molecular weight excluding hydrogens is 260 g/mol. The van der Waals surface area contributed by atoms with Gasteiger partial charge < -0.3 is 4.90 Å². The average Bonchev–Trinajstić information content (AvgIpc) is 2.54.